The summed E-state index contributed by atoms with van der Waals surface area (Å²) in [6, 6.07) is 15.2. The van der Waals surface area contributed by atoms with Gasteiger partial charge in [-0.25, -0.2) is 4.98 Å². The number of aromatic nitrogens is 3. The first-order valence-corrected chi connectivity index (χ1v) is 10.7. The third-order valence-electron chi connectivity index (χ3n) is 5.56. The van der Waals surface area contributed by atoms with Crippen molar-refractivity contribution in [3.8, 4) is 5.82 Å². The predicted molar refractivity (Wildman–Crippen MR) is 114 cm³/mol. The lowest BCUT2D eigenvalue weighted by Crippen LogP contribution is -2.36. The van der Waals surface area contributed by atoms with Crippen LogP contribution in [0.1, 0.15) is 42.4 Å². The van der Waals surface area contributed by atoms with E-state index in [1.807, 2.05) is 36.3 Å². The topological polar surface area (TPSA) is 46.3 Å². The van der Waals surface area contributed by atoms with E-state index in [-0.39, 0.29) is 12.1 Å². The zero-order chi connectivity index (χ0) is 19.1. The van der Waals surface area contributed by atoms with E-state index >= 15 is 0 Å². The number of amidine groups is 1. The number of hydrogen-bond acceptors (Lipinski definition) is 5. The monoisotopic (exact) mass is 389 g/mol. The van der Waals surface area contributed by atoms with E-state index in [0.29, 0.717) is 6.04 Å². The maximum Gasteiger partial charge on any atom is 0.160 e. The number of thioether (sulfide) groups is 1. The number of pyridine rings is 2. The summed E-state index contributed by atoms with van der Waals surface area (Å²) in [7, 11) is 0. The molecule has 2 aliphatic heterocycles. The number of aryl methyl sites for hydroxylation is 1. The molecule has 0 bridgehead atoms. The Morgan fingerprint density at radius 2 is 2.04 bits per heavy atom. The predicted octanol–water partition coefficient (Wildman–Crippen LogP) is 4.56. The molecule has 0 aliphatic carbocycles. The van der Waals surface area contributed by atoms with Crippen LogP contribution in [0.5, 0.6) is 0 Å². The van der Waals surface area contributed by atoms with Crippen LogP contribution in [0.2, 0.25) is 0 Å². The summed E-state index contributed by atoms with van der Waals surface area (Å²) < 4.78 is 2.20. The fourth-order valence-corrected chi connectivity index (χ4v) is 5.45. The summed E-state index contributed by atoms with van der Waals surface area (Å²) in [4.78, 5) is 16.9. The van der Waals surface area contributed by atoms with Gasteiger partial charge in [0.15, 0.2) is 5.17 Å². The quantitative estimate of drug-likeness (QED) is 0.656. The molecule has 3 aromatic rings. The Balaban J connectivity index is 1.62. The molecular formula is C22H23N5S. The molecule has 28 heavy (non-hydrogen) atoms. The van der Waals surface area contributed by atoms with Crippen LogP contribution in [0.3, 0.4) is 0 Å². The van der Waals surface area contributed by atoms with Gasteiger partial charge in [-0.05, 0) is 49.2 Å². The summed E-state index contributed by atoms with van der Waals surface area (Å²) in [5.74, 6) is 2.04. The Morgan fingerprint density at radius 3 is 2.79 bits per heavy atom. The molecule has 3 atom stereocenters. The number of fused-ring (bicyclic) bond motifs is 1. The highest BCUT2D eigenvalue weighted by Crippen LogP contribution is 2.48. The number of nitrogens with zero attached hydrogens (tertiary/aromatic N) is 5. The van der Waals surface area contributed by atoms with Gasteiger partial charge in [0.2, 0.25) is 0 Å². The van der Waals surface area contributed by atoms with E-state index in [4.69, 9.17) is 4.99 Å². The zero-order valence-electron chi connectivity index (χ0n) is 16.1. The van der Waals surface area contributed by atoms with Crippen molar-refractivity contribution >= 4 is 16.9 Å². The summed E-state index contributed by atoms with van der Waals surface area (Å²) in [5, 5.41) is 1.15. The summed E-state index contributed by atoms with van der Waals surface area (Å²) >= 11 is 1.87. The van der Waals surface area contributed by atoms with Crippen molar-refractivity contribution in [3.05, 3.63) is 78.0 Å². The standard InChI is InChI=1S/C22H23N5S/c1-3-16-14-28-22-25-20(17-7-4-5-11-23-17)21(27(16)22)18-8-6-12-26(18)19-10-9-15(2)13-24-19/h4-13,16,20-21H,3,14H2,1-2H3/t16-,20+,21+/m1/s1. The van der Waals surface area contributed by atoms with Crippen LogP contribution in [-0.4, -0.2) is 36.4 Å². The van der Waals surface area contributed by atoms with Gasteiger partial charge >= 0.3 is 0 Å². The van der Waals surface area contributed by atoms with Crippen LogP contribution in [0.25, 0.3) is 5.82 Å². The highest BCUT2D eigenvalue weighted by Gasteiger charge is 2.46. The molecule has 1 saturated heterocycles. The maximum atomic E-state index is 5.11. The van der Waals surface area contributed by atoms with E-state index in [2.05, 4.69) is 69.8 Å². The van der Waals surface area contributed by atoms with E-state index in [1.165, 1.54) is 5.69 Å². The van der Waals surface area contributed by atoms with Crippen LogP contribution in [0.4, 0.5) is 0 Å². The van der Waals surface area contributed by atoms with Crippen LogP contribution in [0.15, 0.2) is 66.0 Å². The Bertz CT molecular complexity index is 995. The SMILES string of the molecule is CC[C@@H]1CSC2=N[C@@H](c3ccccn3)[C@H](c3cccn3-c3ccc(C)cn3)N21. The minimum Gasteiger partial charge on any atom is -0.337 e. The molecule has 3 aromatic heterocycles. The van der Waals surface area contributed by atoms with Crippen molar-refractivity contribution in [1.29, 1.82) is 0 Å². The minimum atomic E-state index is -0.00264. The number of hydrogen-bond donors (Lipinski definition) is 0. The van der Waals surface area contributed by atoms with E-state index in [0.717, 1.165) is 34.4 Å². The van der Waals surface area contributed by atoms with E-state index in [9.17, 15) is 0 Å². The lowest BCUT2D eigenvalue weighted by Gasteiger charge is -2.32. The highest BCUT2D eigenvalue weighted by atomic mass is 32.2. The average molecular weight is 390 g/mol. The molecule has 0 saturated carbocycles. The molecule has 2 aliphatic rings. The second-order valence-corrected chi connectivity index (χ2v) is 8.32. The van der Waals surface area contributed by atoms with Gasteiger partial charge in [-0.2, -0.15) is 0 Å². The third-order valence-corrected chi connectivity index (χ3v) is 6.68. The molecule has 0 amide bonds. The third kappa shape index (κ3) is 2.83. The van der Waals surface area contributed by atoms with Crippen molar-refractivity contribution in [2.24, 2.45) is 4.99 Å². The van der Waals surface area contributed by atoms with Gasteiger partial charge in [-0.3, -0.25) is 9.98 Å². The molecule has 0 radical (unpaired) electrons. The molecule has 5 heterocycles. The molecule has 6 heteroatoms. The van der Waals surface area contributed by atoms with Gasteiger partial charge in [-0.15, -0.1) is 0 Å². The highest BCUT2D eigenvalue weighted by molar-refractivity contribution is 8.14. The Labute approximate surface area is 169 Å². The van der Waals surface area contributed by atoms with Gasteiger partial charge in [0.1, 0.15) is 17.9 Å². The van der Waals surface area contributed by atoms with Crippen molar-refractivity contribution in [2.45, 2.75) is 38.4 Å². The molecule has 0 unspecified atom stereocenters. The summed E-state index contributed by atoms with van der Waals surface area (Å²) in [5.41, 5.74) is 3.40. The first kappa shape index (κ1) is 17.5. The van der Waals surface area contributed by atoms with E-state index in [1.54, 1.807) is 0 Å². The number of rotatable bonds is 4. The summed E-state index contributed by atoms with van der Waals surface area (Å²) in [6.45, 7) is 4.33. The number of aliphatic imine (C=N–C) groups is 1. The lowest BCUT2D eigenvalue weighted by molar-refractivity contribution is 0.248. The molecule has 0 N–H and O–H groups in total. The largest absolute Gasteiger partial charge is 0.337 e. The smallest absolute Gasteiger partial charge is 0.160 e. The Morgan fingerprint density at radius 1 is 1.11 bits per heavy atom. The fourth-order valence-electron chi connectivity index (χ4n) is 4.12. The minimum absolute atomic E-state index is 0.00264. The van der Waals surface area contributed by atoms with Crippen molar-refractivity contribution in [1.82, 2.24) is 19.4 Å². The molecule has 142 valence electrons. The van der Waals surface area contributed by atoms with Crippen LogP contribution in [-0.2, 0) is 0 Å². The van der Waals surface area contributed by atoms with Crippen molar-refractivity contribution < 1.29 is 0 Å². The Kier molecular flexibility index (Phi) is 4.43. The maximum absolute atomic E-state index is 5.11. The van der Waals surface area contributed by atoms with Gasteiger partial charge in [0, 0.05) is 36.1 Å². The molecular weight excluding hydrogens is 366 g/mol. The Hall–Kier alpha value is -2.60. The molecule has 0 spiro atoms. The van der Waals surface area contributed by atoms with Crippen LogP contribution >= 0.6 is 11.8 Å². The molecule has 5 rings (SSSR count). The zero-order valence-corrected chi connectivity index (χ0v) is 16.9. The van der Waals surface area contributed by atoms with Crippen molar-refractivity contribution in [3.63, 3.8) is 0 Å². The van der Waals surface area contributed by atoms with Crippen LogP contribution in [0, 0.1) is 6.92 Å². The van der Waals surface area contributed by atoms with Crippen molar-refractivity contribution in [2.75, 3.05) is 5.75 Å². The van der Waals surface area contributed by atoms with E-state index < -0.39 is 0 Å². The molecule has 1 fully saturated rings. The fraction of sp³-hybridized carbons (Fsp3) is 0.318. The first-order valence-electron chi connectivity index (χ1n) is 9.76. The summed E-state index contributed by atoms with van der Waals surface area (Å²) in [6.07, 6.45) is 7.00. The second kappa shape index (κ2) is 7.09. The molecule has 0 aromatic carbocycles. The normalized spacial score (nSPS) is 23.7. The molecule has 5 nitrogen and oxygen atoms in total. The van der Waals surface area contributed by atoms with Gasteiger partial charge in [0.05, 0.1) is 5.69 Å². The van der Waals surface area contributed by atoms with Gasteiger partial charge in [-0.1, -0.05) is 30.8 Å². The van der Waals surface area contributed by atoms with Gasteiger partial charge < -0.3 is 9.47 Å². The lowest BCUT2D eigenvalue weighted by atomic mass is 9.99. The van der Waals surface area contributed by atoms with Crippen LogP contribution < -0.4 is 0 Å². The average Bonchev–Trinajstić information content (AvgIpc) is 3.44. The van der Waals surface area contributed by atoms with Gasteiger partial charge in [0.25, 0.3) is 0 Å². The second-order valence-electron chi connectivity index (χ2n) is 7.33. The first-order chi connectivity index (χ1) is 13.8.